The number of nitrogens with zero attached hydrogens (tertiary/aromatic N) is 1. The monoisotopic (exact) mass is 485 g/mol. The molecule has 0 bridgehead atoms. The summed E-state index contributed by atoms with van der Waals surface area (Å²) in [4.78, 5) is 40.4. The van der Waals surface area contributed by atoms with Crippen molar-refractivity contribution in [3.8, 4) is 0 Å². The zero-order valence-electron chi connectivity index (χ0n) is 21.2. The van der Waals surface area contributed by atoms with E-state index in [4.69, 9.17) is 5.11 Å². The number of amides is 1. The number of hydrogen-bond acceptors (Lipinski definition) is 3. The number of rotatable bonds is 7. The largest absolute Gasteiger partial charge is 0.478 e. The molecule has 0 radical (unpaired) electrons. The van der Waals surface area contributed by atoms with Crippen LogP contribution in [0, 0.1) is 35.4 Å². The minimum absolute atomic E-state index is 0.00213. The summed E-state index contributed by atoms with van der Waals surface area (Å²) in [5.74, 6) is -0.117. The third-order valence-electron chi connectivity index (χ3n) is 9.02. The molecule has 3 fully saturated rings. The molecule has 3 aliphatic rings. The van der Waals surface area contributed by atoms with E-state index in [2.05, 4.69) is 13.8 Å². The number of Topliss-reactive ketones (excluding diaryl/α,β-unsaturated/α-hetero) is 1. The van der Waals surface area contributed by atoms with Crippen molar-refractivity contribution in [3.05, 3.63) is 35.1 Å². The summed E-state index contributed by atoms with van der Waals surface area (Å²) in [6, 6.07) is 3.46. The van der Waals surface area contributed by atoms with Gasteiger partial charge in [-0.3, -0.25) is 9.59 Å². The molecule has 0 spiro atoms. The van der Waals surface area contributed by atoms with E-state index in [9.17, 15) is 18.8 Å². The Morgan fingerprint density at radius 3 is 2.29 bits per heavy atom. The standard InChI is InChI=1S/C29H40FNO4/c1-18(2)20-9-11-22(12-10-20)28(33)31-15-14-23(21-6-4-3-5-7-21)27(31)26(32)17-19-8-13-24(29(34)35)25(30)16-19/h8,13,16,18,20-23,27H,3-7,9-12,14-15,17H2,1-2H3,(H,34,35)/t20?,22?,23-,27-/m0/s1. The number of carbonyl (C=O) groups excluding carboxylic acids is 2. The van der Waals surface area contributed by atoms with E-state index >= 15 is 0 Å². The van der Waals surface area contributed by atoms with Crippen LogP contribution < -0.4 is 0 Å². The van der Waals surface area contributed by atoms with Gasteiger partial charge >= 0.3 is 5.97 Å². The maximum atomic E-state index is 14.3. The lowest BCUT2D eigenvalue weighted by Crippen LogP contribution is -2.48. The zero-order chi connectivity index (χ0) is 25.1. The fourth-order valence-electron chi connectivity index (χ4n) is 6.95. The molecule has 2 saturated carbocycles. The summed E-state index contributed by atoms with van der Waals surface area (Å²) in [7, 11) is 0. The Kier molecular flexibility index (Phi) is 8.28. The molecule has 2 atom stereocenters. The molecule has 1 saturated heterocycles. The molecule has 192 valence electrons. The quantitative estimate of drug-likeness (QED) is 0.522. The van der Waals surface area contributed by atoms with Gasteiger partial charge in [0.2, 0.25) is 5.91 Å². The maximum absolute atomic E-state index is 14.3. The van der Waals surface area contributed by atoms with Gasteiger partial charge in [-0.15, -0.1) is 0 Å². The van der Waals surface area contributed by atoms with Gasteiger partial charge < -0.3 is 10.0 Å². The average molecular weight is 486 g/mol. The minimum Gasteiger partial charge on any atom is -0.478 e. The Morgan fingerprint density at radius 2 is 1.69 bits per heavy atom. The van der Waals surface area contributed by atoms with Crippen LogP contribution in [0.1, 0.15) is 94.0 Å². The topological polar surface area (TPSA) is 74.7 Å². The predicted octanol–water partition coefficient (Wildman–Crippen LogP) is 5.90. The van der Waals surface area contributed by atoms with E-state index in [0.29, 0.717) is 29.9 Å². The lowest BCUT2D eigenvalue weighted by Gasteiger charge is -2.37. The number of aromatic carboxylic acids is 1. The number of ketones is 1. The second-order valence-electron chi connectivity index (χ2n) is 11.4. The van der Waals surface area contributed by atoms with Crippen molar-refractivity contribution < 1.29 is 23.9 Å². The summed E-state index contributed by atoms with van der Waals surface area (Å²) >= 11 is 0. The van der Waals surface area contributed by atoms with Crippen LogP contribution in [0.4, 0.5) is 4.39 Å². The third kappa shape index (κ3) is 5.78. The number of carboxylic acids is 1. The molecule has 1 amide bonds. The smallest absolute Gasteiger partial charge is 0.338 e. The van der Waals surface area contributed by atoms with E-state index in [1.807, 2.05) is 4.90 Å². The molecule has 0 unspecified atom stereocenters. The molecule has 5 nitrogen and oxygen atoms in total. The third-order valence-corrected chi connectivity index (χ3v) is 9.02. The van der Waals surface area contributed by atoms with Crippen LogP contribution in [0.15, 0.2) is 18.2 Å². The fraction of sp³-hybridized carbons (Fsp3) is 0.690. The first-order valence-electron chi connectivity index (χ1n) is 13.6. The van der Waals surface area contributed by atoms with E-state index in [1.165, 1.54) is 31.4 Å². The van der Waals surface area contributed by atoms with Crippen LogP contribution in [-0.2, 0) is 16.0 Å². The number of halogens is 1. The van der Waals surface area contributed by atoms with Gasteiger partial charge in [0.25, 0.3) is 0 Å². The Labute approximate surface area is 208 Å². The Hall–Kier alpha value is -2.24. The van der Waals surface area contributed by atoms with Crippen LogP contribution in [-0.4, -0.2) is 40.3 Å². The van der Waals surface area contributed by atoms with Crippen molar-refractivity contribution in [3.63, 3.8) is 0 Å². The minimum atomic E-state index is -1.32. The second-order valence-corrected chi connectivity index (χ2v) is 11.4. The molecule has 0 aromatic heterocycles. The van der Waals surface area contributed by atoms with Crippen LogP contribution in [0.2, 0.25) is 0 Å². The van der Waals surface area contributed by atoms with Gasteiger partial charge in [0.1, 0.15) is 5.82 Å². The highest BCUT2D eigenvalue weighted by molar-refractivity contribution is 5.92. The van der Waals surface area contributed by atoms with Crippen molar-refractivity contribution >= 4 is 17.7 Å². The van der Waals surface area contributed by atoms with Crippen LogP contribution in [0.3, 0.4) is 0 Å². The van der Waals surface area contributed by atoms with Crippen molar-refractivity contribution in [2.75, 3.05) is 6.54 Å². The zero-order valence-corrected chi connectivity index (χ0v) is 21.2. The first kappa shape index (κ1) is 25.8. The van der Waals surface area contributed by atoms with Crippen LogP contribution in [0.25, 0.3) is 0 Å². The summed E-state index contributed by atoms with van der Waals surface area (Å²) in [6.45, 7) is 5.14. The lowest BCUT2D eigenvalue weighted by molar-refractivity contribution is -0.143. The number of hydrogen-bond donors (Lipinski definition) is 1. The molecule has 1 aromatic rings. The molecule has 35 heavy (non-hydrogen) atoms. The van der Waals surface area contributed by atoms with Crippen molar-refractivity contribution in [2.45, 2.75) is 90.5 Å². The highest BCUT2D eigenvalue weighted by atomic mass is 19.1. The van der Waals surface area contributed by atoms with Gasteiger partial charge in [-0.2, -0.15) is 0 Å². The van der Waals surface area contributed by atoms with E-state index in [-0.39, 0.29) is 29.9 Å². The number of benzene rings is 1. The summed E-state index contributed by atoms with van der Waals surface area (Å²) in [6.07, 6.45) is 10.6. The van der Waals surface area contributed by atoms with E-state index in [1.54, 1.807) is 0 Å². The van der Waals surface area contributed by atoms with Crippen molar-refractivity contribution in [1.82, 2.24) is 4.90 Å². The van der Waals surface area contributed by atoms with Gasteiger partial charge in [0.15, 0.2) is 5.78 Å². The molecular formula is C29H40FNO4. The second kappa shape index (κ2) is 11.2. The molecule has 1 aliphatic heterocycles. The number of carbonyl (C=O) groups is 3. The van der Waals surface area contributed by atoms with Gasteiger partial charge in [0.05, 0.1) is 11.6 Å². The first-order chi connectivity index (χ1) is 16.8. The molecule has 6 heteroatoms. The number of carboxylic acid groups (broad SMARTS) is 1. The number of likely N-dealkylation sites (tertiary alicyclic amines) is 1. The van der Waals surface area contributed by atoms with Gasteiger partial charge in [0, 0.05) is 18.9 Å². The summed E-state index contributed by atoms with van der Waals surface area (Å²) in [5.41, 5.74) is 0.0765. The van der Waals surface area contributed by atoms with E-state index in [0.717, 1.165) is 51.0 Å². The Bertz CT molecular complexity index is 931. The molecule has 4 rings (SSSR count). The maximum Gasteiger partial charge on any atom is 0.338 e. The highest BCUT2D eigenvalue weighted by Gasteiger charge is 2.46. The SMILES string of the molecule is CC(C)C1CCC(C(=O)N2CC[C@@H](C3CCCCC3)[C@H]2C(=O)Cc2ccc(C(=O)O)c(F)c2)CC1. The van der Waals surface area contributed by atoms with Crippen molar-refractivity contribution in [2.24, 2.45) is 29.6 Å². The molecular weight excluding hydrogens is 445 g/mol. The predicted molar refractivity (Wildman–Crippen MR) is 133 cm³/mol. The molecule has 1 N–H and O–H groups in total. The van der Waals surface area contributed by atoms with Crippen LogP contribution in [0.5, 0.6) is 0 Å². The van der Waals surface area contributed by atoms with Gasteiger partial charge in [-0.1, -0.05) is 52.0 Å². The summed E-state index contributed by atoms with van der Waals surface area (Å²) in [5, 5.41) is 9.11. The Morgan fingerprint density at radius 1 is 1.00 bits per heavy atom. The van der Waals surface area contributed by atoms with Crippen LogP contribution >= 0.6 is 0 Å². The molecule has 1 heterocycles. The molecule has 2 aliphatic carbocycles. The van der Waals surface area contributed by atoms with Gasteiger partial charge in [-0.05, 0) is 73.5 Å². The lowest BCUT2D eigenvalue weighted by atomic mass is 9.74. The average Bonchev–Trinajstić information content (AvgIpc) is 3.29. The summed E-state index contributed by atoms with van der Waals surface area (Å²) < 4.78 is 14.3. The normalized spacial score (nSPS) is 27.8. The van der Waals surface area contributed by atoms with Gasteiger partial charge in [-0.25, -0.2) is 9.18 Å². The molecule has 1 aromatic carbocycles. The highest BCUT2D eigenvalue weighted by Crippen LogP contribution is 2.42. The first-order valence-corrected chi connectivity index (χ1v) is 13.6. The van der Waals surface area contributed by atoms with Crippen molar-refractivity contribution in [1.29, 1.82) is 0 Å². The van der Waals surface area contributed by atoms with E-state index < -0.39 is 23.4 Å². The Balaban J connectivity index is 1.52. The fourth-order valence-corrected chi connectivity index (χ4v) is 6.95.